The van der Waals surface area contributed by atoms with Gasteiger partial charge in [-0.05, 0) is 46.8 Å². The molecule has 3 N–H and O–H groups in total. The molecule has 0 saturated heterocycles. The molecule has 0 atom stereocenters. The molecule has 0 fully saturated rings. The summed E-state index contributed by atoms with van der Waals surface area (Å²) in [6.07, 6.45) is 2.18. The number of primary sulfonamides is 1. The Morgan fingerprint density at radius 2 is 1.88 bits per heavy atom. The van der Waals surface area contributed by atoms with Crippen molar-refractivity contribution in [1.29, 1.82) is 0 Å². The summed E-state index contributed by atoms with van der Waals surface area (Å²) in [7, 11) is -1.20. The zero-order chi connectivity index (χ0) is 12.6. The number of nitrogens with zero attached hydrogens (tertiary/aromatic N) is 1. The number of hydrogen-bond donors (Lipinski definition) is 2. The van der Waals surface area contributed by atoms with Crippen molar-refractivity contribution < 1.29 is 8.42 Å². The minimum absolute atomic E-state index is 0.0128. The Morgan fingerprint density at radius 3 is 2.38 bits per heavy atom. The fraction of sp³-hybridized carbons (Fsp3) is 1.00. The monoisotopic (exact) mass is 251 g/mol. The molecule has 0 aromatic rings. The Hall–Kier alpha value is -0.170. The summed E-state index contributed by atoms with van der Waals surface area (Å²) >= 11 is 0. The van der Waals surface area contributed by atoms with Gasteiger partial charge in [0, 0.05) is 12.6 Å². The highest BCUT2D eigenvalue weighted by atomic mass is 32.2. The normalized spacial score (nSPS) is 12.6. The first-order valence-electron chi connectivity index (χ1n) is 5.74. The van der Waals surface area contributed by atoms with E-state index in [0.717, 1.165) is 25.9 Å². The van der Waals surface area contributed by atoms with E-state index < -0.39 is 10.0 Å². The lowest BCUT2D eigenvalue weighted by Gasteiger charge is -2.20. The third kappa shape index (κ3) is 10.4. The molecule has 98 valence electrons. The SMILES string of the molecule is CC(C)N(C)CCCCNCCS(N)(=O)=O. The predicted molar refractivity (Wildman–Crippen MR) is 67.8 cm³/mol. The first-order chi connectivity index (χ1) is 7.33. The van der Waals surface area contributed by atoms with Crippen LogP contribution in [-0.2, 0) is 10.0 Å². The fourth-order valence-electron chi connectivity index (χ4n) is 1.21. The van der Waals surface area contributed by atoms with E-state index in [1.165, 1.54) is 0 Å². The number of rotatable bonds is 9. The molecule has 0 saturated carbocycles. The van der Waals surface area contributed by atoms with Crippen LogP contribution in [0.5, 0.6) is 0 Å². The molecule has 0 heterocycles. The largest absolute Gasteiger partial charge is 0.316 e. The zero-order valence-electron chi connectivity index (χ0n) is 10.6. The number of sulfonamides is 1. The molecule has 0 unspecified atom stereocenters. The highest BCUT2D eigenvalue weighted by molar-refractivity contribution is 7.89. The van der Waals surface area contributed by atoms with Crippen LogP contribution in [-0.4, -0.2) is 51.8 Å². The van der Waals surface area contributed by atoms with Crippen molar-refractivity contribution in [2.75, 3.05) is 32.4 Å². The van der Waals surface area contributed by atoms with Crippen LogP contribution < -0.4 is 10.5 Å². The summed E-state index contributed by atoms with van der Waals surface area (Å²) in [5.74, 6) is 0.0128. The van der Waals surface area contributed by atoms with Gasteiger partial charge in [-0.15, -0.1) is 0 Å². The lowest BCUT2D eigenvalue weighted by atomic mass is 10.2. The van der Waals surface area contributed by atoms with Crippen molar-refractivity contribution in [1.82, 2.24) is 10.2 Å². The van der Waals surface area contributed by atoms with Gasteiger partial charge >= 0.3 is 0 Å². The van der Waals surface area contributed by atoms with E-state index in [0.29, 0.717) is 12.6 Å². The molecule has 0 aliphatic carbocycles. The Balaban J connectivity index is 3.29. The second-order valence-corrected chi connectivity index (χ2v) is 6.13. The number of nitrogens with one attached hydrogen (secondary N) is 1. The Morgan fingerprint density at radius 1 is 1.25 bits per heavy atom. The molecule has 0 bridgehead atoms. The van der Waals surface area contributed by atoms with Crippen molar-refractivity contribution in [3.8, 4) is 0 Å². The summed E-state index contributed by atoms with van der Waals surface area (Å²) < 4.78 is 21.2. The van der Waals surface area contributed by atoms with Gasteiger partial charge in [0.05, 0.1) is 5.75 Å². The van der Waals surface area contributed by atoms with E-state index >= 15 is 0 Å². The molecule has 5 nitrogen and oxygen atoms in total. The zero-order valence-corrected chi connectivity index (χ0v) is 11.4. The average molecular weight is 251 g/mol. The Bertz CT molecular complexity index is 265. The second-order valence-electron chi connectivity index (χ2n) is 4.40. The maximum absolute atomic E-state index is 10.6. The quantitative estimate of drug-likeness (QED) is 0.565. The molecule has 16 heavy (non-hydrogen) atoms. The van der Waals surface area contributed by atoms with E-state index in [4.69, 9.17) is 5.14 Å². The highest BCUT2D eigenvalue weighted by Crippen LogP contribution is 1.97. The number of unbranched alkanes of at least 4 members (excludes halogenated alkanes) is 1. The average Bonchev–Trinajstić information content (AvgIpc) is 2.14. The summed E-state index contributed by atoms with van der Waals surface area (Å²) in [6.45, 7) is 6.71. The van der Waals surface area contributed by atoms with Crippen LogP contribution in [0, 0.1) is 0 Å². The lowest BCUT2D eigenvalue weighted by Crippen LogP contribution is -2.29. The van der Waals surface area contributed by atoms with Crippen molar-refractivity contribution in [3.63, 3.8) is 0 Å². The first kappa shape index (κ1) is 15.8. The summed E-state index contributed by atoms with van der Waals surface area (Å²) in [5.41, 5.74) is 0. The van der Waals surface area contributed by atoms with E-state index in [9.17, 15) is 8.42 Å². The molecule has 0 aliphatic heterocycles. The molecule has 0 rings (SSSR count). The van der Waals surface area contributed by atoms with Crippen molar-refractivity contribution in [2.45, 2.75) is 32.7 Å². The molecule has 0 aromatic carbocycles. The van der Waals surface area contributed by atoms with Crippen molar-refractivity contribution >= 4 is 10.0 Å². The maximum atomic E-state index is 10.6. The minimum atomic E-state index is -3.31. The topological polar surface area (TPSA) is 75.4 Å². The number of hydrogen-bond acceptors (Lipinski definition) is 4. The van der Waals surface area contributed by atoms with E-state index in [1.54, 1.807) is 0 Å². The van der Waals surface area contributed by atoms with Gasteiger partial charge in [-0.25, -0.2) is 13.6 Å². The van der Waals surface area contributed by atoms with E-state index in [2.05, 4.69) is 31.1 Å². The molecule has 0 aliphatic rings. The van der Waals surface area contributed by atoms with Gasteiger partial charge in [-0.1, -0.05) is 0 Å². The molecule has 0 amide bonds. The van der Waals surface area contributed by atoms with Gasteiger partial charge in [0.25, 0.3) is 0 Å². The molecule has 0 aromatic heterocycles. The van der Waals surface area contributed by atoms with Crippen LogP contribution >= 0.6 is 0 Å². The predicted octanol–water partition coefficient (Wildman–Crippen LogP) is -0.0151. The number of nitrogens with two attached hydrogens (primary N) is 1. The molecule has 0 radical (unpaired) electrons. The molecular weight excluding hydrogens is 226 g/mol. The van der Waals surface area contributed by atoms with Crippen LogP contribution in [0.25, 0.3) is 0 Å². The van der Waals surface area contributed by atoms with Crippen LogP contribution in [0.3, 0.4) is 0 Å². The first-order valence-corrected chi connectivity index (χ1v) is 7.46. The van der Waals surface area contributed by atoms with Crippen molar-refractivity contribution in [2.24, 2.45) is 5.14 Å². The van der Waals surface area contributed by atoms with E-state index in [-0.39, 0.29) is 5.75 Å². The minimum Gasteiger partial charge on any atom is -0.316 e. The maximum Gasteiger partial charge on any atom is 0.210 e. The van der Waals surface area contributed by atoms with Gasteiger partial charge in [0.1, 0.15) is 0 Å². The van der Waals surface area contributed by atoms with Crippen LogP contribution in [0.15, 0.2) is 0 Å². The Labute approximate surface area is 99.4 Å². The molecule has 0 spiro atoms. The summed E-state index contributed by atoms with van der Waals surface area (Å²) in [5, 5.41) is 7.94. The summed E-state index contributed by atoms with van der Waals surface area (Å²) in [4.78, 5) is 2.30. The van der Waals surface area contributed by atoms with Gasteiger partial charge in [0.15, 0.2) is 0 Å². The fourth-order valence-corrected chi connectivity index (χ4v) is 1.64. The second kappa shape index (κ2) is 8.00. The van der Waals surface area contributed by atoms with E-state index in [1.807, 2.05) is 0 Å². The van der Waals surface area contributed by atoms with Crippen LogP contribution in [0.4, 0.5) is 0 Å². The van der Waals surface area contributed by atoms with Gasteiger partial charge in [0.2, 0.25) is 10.0 Å². The van der Waals surface area contributed by atoms with Crippen LogP contribution in [0.2, 0.25) is 0 Å². The lowest BCUT2D eigenvalue weighted by molar-refractivity contribution is 0.268. The Kier molecular flexibility index (Phi) is 7.91. The third-order valence-electron chi connectivity index (χ3n) is 2.56. The van der Waals surface area contributed by atoms with Gasteiger partial charge in [-0.3, -0.25) is 0 Å². The third-order valence-corrected chi connectivity index (χ3v) is 3.33. The van der Waals surface area contributed by atoms with Crippen LogP contribution in [0.1, 0.15) is 26.7 Å². The standard InChI is InChI=1S/C10H25N3O2S/c1-10(2)13(3)8-5-4-6-12-7-9-16(11,14)15/h10,12H,4-9H2,1-3H3,(H2,11,14,15). The molecular formula is C10H25N3O2S. The van der Waals surface area contributed by atoms with Gasteiger partial charge in [-0.2, -0.15) is 0 Å². The van der Waals surface area contributed by atoms with Gasteiger partial charge < -0.3 is 10.2 Å². The van der Waals surface area contributed by atoms with Crippen molar-refractivity contribution in [3.05, 3.63) is 0 Å². The molecule has 6 heteroatoms. The highest BCUT2D eigenvalue weighted by Gasteiger charge is 2.02. The smallest absolute Gasteiger partial charge is 0.210 e. The summed E-state index contributed by atoms with van der Waals surface area (Å²) in [6, 6.07) is 0.579.